The standard InChI is InChI=1S/C18H22ClNO2/c1-12(20)8-14-10-18(22-3)15(11-17(14)21-2)9-13-4-6-16(19)7-5-13/h4-7,10-12H,8-9,20H2,1-3H3/t12-/m1/s1. The molecule has 2 aromatic rings. The number of hydrogen-bond acceptors (Lipinski definition) is 3. The molecular weight excluding hydrogens is 298 g/mol. The maximum Gasteiger partial charge on any atom is 0.122 e. The van der Waals surface area contributed by atoms with Crippen LogP contribution in [0.1, 0.15) is 23.6 Å². The Morgan fingerprint density at radius 2 is 1.55 bits per heavy atom. The van der Waals surface area contributed by atoms with Crippen LogP contribution in [-0.2, 0) is 12.8 Å². The summed E-state index contributed by atoms with van der Waals surface area (Å²) in [6.45, 7) is 1.98. The van der Waals surface area contributed by atoms with E-state index < -0.39 is 0 Å². The average Bonchev–Trinajstić information content (AvgIpc) is 2.50. The second-order valence-corrected chi connectivity index (χ2v) is 5.90. The molecule has 0 aliphatic heterocycles. The van der Waals surface area contributed by atoms with Gasteiger partial charge in [0, 0.05) is 23.0 Å². The number of rotatable bonds is 6. The zero-order valence-electron chi connectivity index (χ0n) is 13.2. The minimum atomic E-state index is 0.0701. The van der Waals surface area contributed by atoms with Crippen molar-refractivity contribution >= 4 is 11.6 Å². The predicted molar refractivity (Wildman–Crippen MR) is 91.2 cm³/mol. The number of nitrogens with two attached hydrogens (primary N) is 1. The molecule has 0 aliphatic rings. The van der Waals surface area contributed by atoms with Crippen molar-refractivity contribution in [1.82, 2.24) is 0 Å². The highest BCUT2D eigenvalue weighted by atomic mass is 35.5. The second kappa shape index (κ2) is 7.52. The van der Waals surface area contributed by atoms with Gasteiger partial charge in [0.2, 0.25) is 0 Å². The highest BCUT2D eigenvalue weighted by molar-refractivity contribution is 6.30. The first-order valence-corrected chi connectivity index (χ1v) is 7.65. The molecule has 0 aromatic heterocycles. The first kappa shape index (κ1) is 16.7. The molecule has 22 heavy (non-hydrogen) atoms. The van der Waals surface area contributed by atoms with E-state index in [0.717, 1.165) is 40.5 Å². The van der Waals surface area contributed by atoms with Crippen LogP contribution >= 0.6 is 11.6 Å². The number of ether oxygens (including phenoxy) is 2. The summed E-state index contributed by atoms with van der Waals surface area (Å²) in [5, 5.41) is 0.737. The van der Waals surface area contributed by atoms with Gasteiger partial charge in [0.05, 0.1) is 14.2 Å². The van der Waals surface area contributed by atoms with Gasteiger partial charge in [-0.2, -0.15) is 0 Å². The Morgan fingerprint density at radius 3 is 2.09 bits per heavy atom. The molecule has 4 heteroatoms. The van der Waals surface area contributed by atoms with Crippen LogP contribution < -0.4 is 15.2 Å². The van der Waals surface area contributed by atoms with Gasteiger partial charge in [0.25, 0.3) is 0 Å². The molecule has 0 saturated heterocycles. The Morgan fingerprint density at radius 1 is 1.00 bits per heavy atom. The lowest BCUT2D eigenvalue weighted by molar-refractivity contribution is 0.394. The number of halogens is 1. The summed E-state index contributed by atoms with van der Waals surface area (Å²) >= 11 is 5.93. The molecule has 0 bridgehead atoms. The summed E-state index contributed by atoms with van der Waals surface area (Å²) in [4.78, 5) is 0. The zero-order chi connectivity index (χ0) is 16.1. The quantitative estimate of drug-likeness (QED) is 0.880. The molecule has 0 fully saturated rings. The maximum atomic E-state index is 5.93. The van der Waals surface area contributed by atoms with Crippen molar-refractivity contribution in [3.8, 4) is 11.5 Å². The zero-order valence-corrected chi connectivity index (χ0v) is 14.0. The summed E-state index contributed by atoms with van der Waals surface area (Å²) < 4.78 is 11.1. The molecule has 0 aliphatic carbocycles. The highest BCUT2D eigenvalue weighted by Crippen LogP contribution is 2.31. The topological polar surface area (TPSA) is 44.5 Å². The van der Waals surface area contributed by atoms with E-state index in [2.05, 4.69) is 0 Å². The minimum Gasteiger partial charge on any atom is -0.496 e. The number of methoxy groups -OCH3 is 2. The normalized spacial score (nSPS) is 12.0. The molecule has 2 aromatic carbocycles. The van der Waals surface area contributed by atoms with E-state index in [1.54, 1.807) is 14.2 Å². The maximum absolute atomic E-state index is 5.93. The summed E-state index contributed by atoms with van der Waals surface area (Å²) in [5.41, 5.74) is 9.22. The van der Waals surface area contributed by atoms with Gasteiger partial charge in [0.1, 0.15) is 11.5 Å². The lowest BCUT2D eigenvalue weighted by Crippen LogP contribution is -2.18. The molecule has 0 spiro atoms. The van der Waals surface area contributed by atoms with Crippen LogP contribution in [0.15, 0.2) is 36.4 Å². The van der Waals surface area contributed by atoms with E-state index in [0.29, 0.717) is 0 Å². The van der Waals surface area contributed by atoms with Crippen molar-refractivity contribution in [3.63, 3.8) is 0 Å². The first-order chi connectivity index (χ1) is 10.5. The van der Waals surface area contributed by atoms with Gasteiger partial charge >= 0.3 is 0 Å². The summed E-state index contributed by atoms with van der Waals surface area (Å²) in [6, 6.07) is 11.9. The average molecular weight is 320 g/mol. The van der Waals surface area contributed by atoms with Crippen LogP contribution in [0.2, 0.25) is 5.02 Å². The lowest BCUT2D eigenvalue weighted by atomic mass is 9.99. The fourth-order valence-corrected chi connectivity index (χ4v) is 2.62. The van der Waals surface area contributed by atoms with E-state index in [1.165, 1.54) is 5.56 Å². The highest BCUT2D eigenvalue weighted by Gasteiger charge is 2.13. The third-order valence-electron chi connectivity index (χ3n) is 3.53. The van der Waals surface area contributed by atoms with Gasteiger partial charge in [-0.1, -0.05) is 23.7 Å². The van der Waals surface area contributed by atoms with Crippen LogP contribution in [-0.4, -0.2) is 20.3 Å². The molecule has 0 amide bonds. The van der Waals surface area contributed by atoms with E-state index in [9.17, 15) is 0 Å². The number of hydrogen-bond donors (Lipinski definition) is 1. The van der Waals surface area contributed by atoms with Gasteiger partial charge in [-0.15, -0.1) is 0 Å². The fourth-order valence-electron chi connectivity index (χ4n) is 2.49. The van der Waals surface area contributed by atoms with Gasteiger partial charge in [-0.3, -0.25) is 0 Å². The van der Waals surface area contributed by atoms with Crippen LogP contribution in [0.3, 0.4) is 0 Å². The van der Waals surface area contributed by atoms with E-state index >= 15 is 0 Å². The van der Waals surface area contributed by atoms with Crippen molar-refractivity contribution in [2.24, 2.45) is 5.73 Å². The Kier molecular flexibility index (Phi) is 5.69. The number of benzene rings is 2. The van der Waals surface area contributed by atoms with E-state index in [-0.39, 0.29) is 6.04 Å². The van der Waals surface area contributed by atoms with Crippen molar-refractivity contribution in [1.29, 1.82) is 0 Å². The first-order valence-electron chi connectivity index (χ1n) is 7.27. The van der Waals surface area contributed by atoms with Crippen LogP contribution in [0.5, 0.6) is 11.5 Å². The van der Waals surface area contributed by atoms with Crippen LogP contribution in [0.25, 0.3) is 0 Å². The molecule has 2 N–H and O–H groups in total. The molecule has 1 atom stereocenters. The molecule has 0 radical (unpaired) electrons. The lowest BCUT2D eigenvalue weighted by Gasteiger charge is -2.16. The molecule has 0 unspecified atom stereocenters. The van der Waals surface area contributed by atoms with E-state index in [1.807, 2.05) is 43.3 Å². The van der Waals surface area contributed by atoms with Crippen molar-refractivity contribution < 1.29 is 9.47 Å². The van der Waals surface area contributed by atoms with Crippen LogP contribution in [0, 0.1) is 0 Å². The Labute approximate surface area is 137 Å². The van der Waals surface area contributed by atoms with Gasteiger partial charge in [0.15, 0.2) is 0 Å². The molecule has 118 valence electrons. The summed E-state index contributed by atoms with van der Waals surface area (Å²) in [5.74, 6) is 1.70. The SMILES string of the molecule is COc1cc(C[C@@H](C)N)c(OC)cc1Cc1ccc(Cl)cc1. The smallest absolute Gasteiger partial charge is 0.122 e. The van der Waals surface area contributed by atoms with Crippen molar-refractivity contribution in [2.45, 2.75) is 25.8 Å². The fraction of sp³-hybridized carbons (Fsp3) is 0.333. The summed E-state index contributed by atoms with van der Waals surface area (Å²) in [6.07, 6.45) is 1.51. The molecular formula is C18H22ClNO2. The Hall–Kier alpha value is -1.71. The third kappa shape index (κ3) is 4.15. The Bertz CT molecular complexity index is 624. The largest absolute Gasteiger partial charge is 0.496 e. The van der Waals surface area contributed by atoms with Gasteiger partial charge in [-0.05, 0) is 48.7 Å². The van der Waals surface area contributed by atoms with Crippen molar-refractivity contribution in [2.75, 3.05) is 14.2 Å². The minimum absolute atomic E-state index is 0.0701. The van der Waals surface area contributed by atoms with Crippen LogP contribution in [0.4, 0.5) is 0 Å². The monoisotopic (exact) mass is 319 g/mol. The van der Waals surface area contributed by atoms with Crippen molar-refractivity contribution in [3.05, 3.63) is 58.1 Å². The Balaban J connectivity index is 2.35. The predicted octanol–water partition coefficient (Wildman–Crippen LogP) is 3.84. The molecule has 2 rings (SSSR count). The van der Waals surface area contributed by atoms with Gasteiger partial charge in [-0.25, -0.2) is 0 Å². The summed E-state index contributed by atoms with van der Waals surface area (Å²) in [7, 11) is 3.36. The third-order valence-corrected chi connectivity index (χ3v) is 3.79. The molecule has 0 heterocycles. The van der Waals surface area contributed by atoms with Gasteiger partial charge < -0.3 is 15.2 Å². The molecule has 0 saturated carbocycles. The second-order valence-electron chi connectivity index (χ2n) is 5.46. The molecule has 3 nitrogen and oxygen atoms in total. The van der Waals surface area contributed by atoms with E-state index in [4.69, 9.17) is 26.8 Å².